The van der Waals surface area contributed by atoms with Gasteiger partial charge < -0.3 is 5.11 Å². The number of carboxylic acid groups (broad SMARTS) is 1. The summed E-state index contributed by atoms with van der Waals surface area (Å²) in [6, 6.07) is 5.57. The Balaban J connectivity index is 2.09. The third-order valence-corrected chi connectivity index (χ3v) is 4.90. The highest BCUT2D eigenvalue weighted by Gasteiger charge is 2.43. The van der Waals surface area contributed by atoms with Gasteiger partial charge in [0, 0.05) is 13.1 Å². The van der Waals surface area contributed by atoms with E-state index in [4.69, 9.17) is 23.2 Å². The molecule has 0 aliphatic carbocycles. The average molecular weight is 316 g/mol. The van der Waals surface area contributed by atoms with Crippen molar-refractivity contribution in [1.29, 1.82) is 0 Å². The molecule has 2 rings (SSSR count). The van der Waals surface area contributed by atoms with Crippen LogP contribution >= 0.6 is 23.2 Å². The number of benzene rings is 1. The summed E-state index contributed by atoms with van der Waals surface area (Å²) in [5.74, 6) is -0.681. The fourth-order valence-corrected chi connectivity index (χ4v) is 3.35. The molecule has 0 saturated carbocycles. The molecule has 1 N–H and O–H groups in total. The van der Waals surface area contributed by atoms with Crippen LogP contribution in [-0.4, -0.2) is 29.1 Å². The number of carbonyl (C=O) groups is 1. The molecule has 20 heavy (non-hydrogen) atoms. The molecule has 0 amide bonds. The highest BCUT2D eigenvalue weighted by Crippen LogP contribution is 2.37. The molecular formula is C15H19Cl2NO2. The van der Waals surface area contributed by atoms with Crippen molar-refractivity contribution in [1.82, 2.24) is 4.90 Å². The number of rotatable bonds is 5. The molecule has 1 aliphatic heterocycles. The molecule has 1 aromatic rings. The quantitative estimate of drug-likeness (QED) is 0.890. The van der Waals surface area contributed by atoms with Crippen LogP contribution in [0.4, 0.5) is 0 Å². The van der Waals surface area contributed by atoms with E-state index in [2.05, 4.69) is 4.90 Å². The van der Waals surface area contributed by atoms with E-state index in [1.165, 1.54) is 0 Å². The molecule has 1 fully saturated rings. The van der Waals surface area contributed by atoms with Gasteiger partial charge in [0.1, 0.15) is 0 Å². The zero-order chi connectivity index (χ0) is 14.8. The number of likely N-dealkylation sites (tertiary alicyclic amines) is 1. The Morgan fingerprint density at radius 1 is 1.45 bits per heavy atom. The van der Waals surface area contributed by atoms with Crippen LogP contribution < -0.4 is 0 Å². The highest BCUT2D eigenvalue weighted by molar-refractivity contribution is 6.42. The van der Waals surface area contributed by atoms with E-state index in [-0.39, 0.29) is 0 Å². The zero-order valence-corrected chi connectivity index (χ0v) is 13.0. The molecule has 3 nitrogen and oxygen atoms in total. The lowest BCUT2D eigenvalue weighted by Gasteiger charge is -2.24. The zero-order valence-electron chi connectivity index (χ0n) is 11.5. The molecule has 0 radical (unpaired) electrons. The molecule has 1 aromatic carbocycles. The Morgan fingerprint density at radius 3 is 2.85 bits per heavy atom. The second-order valence-electron chi connectivity index (χ2n) is 5.51. The summed E-state index contributed by atoms with van der Waals surface area (Å²) in [6.07, 6.45) is 2.31. The molecule has 0 bridgehead atoms. The first-order valence-corrected chi connectivity index (χ1v) is 7.63. The summed E-state index contributed by atoms with van der Waals surface area (Å²) in [6.45, 7) is 4.05. The van der Waals surface area contributed by atoms with Crippen LogP contribution in [0, 0.1) is 5.41 Å². The molecule has 1 atom stereocenters. The van der Waals surface area contributed by atoms with Crippen molar-refractivity contribution in [2.45, 2.75) is 32.7 Å². The van der Waals surface area contributed by atoms with E-state index >= 15 is 0 Å². The molecule has 5 heteroatoms. The fraction of sp³-hybridized carbons (Fsp3) is 0.533. The van der Waals surface area contributed by atoms with Crippen molar-refractivity contribution in [3.05, 3.63) is 33.8 Å². The Labute approximate surface area is 129 Å². The number of halogens is 2. The molecule has 1 unspecified atom stereocenters. The van der Waals surface area contributed by atoms with E-state index in [0.29, 0.717) is 29.6 Å². The third kappa shape index (κ3) is 3.11. The van der Waals surface area contributed by atoms with Gasteiger partial charge in [-0.15, -0.1) is 0 Å². The lowest BCUT2D eigenvalue weighted by atomic mass is 9.83. The van der Waals surface area contributed by atoms with Crippen molar-refractivity contribution < 1.29 is 9.90 Å². The normalized spacial score (nSPS) is 23.1. The van der Waals surface area contributed by atoms with Gasteiger partial charge in [0.2, 0.25) is 0 Å². The third-order valence-electron chi connectivity index (χ3n) is 4.04. The Bertz CT molecular complexity index is 507. The minimum atomic E-state index is -0.681. The maximum absolute atomic E-state index is 11.6. The van der Waals surface area contributed by atoms with Gasteiger partial charge in [0.05, 0.1) is 15.5 Å². The first kappa shape index (κ1) is 15.6. The van der Waals surface area contributed by atoms with E-state index in [9.17, 15) is 9.90 Å². The van der Waals surface area contributed by atoms with E-state index < -0.39 is 11.4 Å². The van der Waals surface area contributed by atoms with Crippen molar-refractivity contribution in [2.24, 2.45) is 5.41 Å². The van der Waals surface area contributed by atoms with Crippen molar-refractivity contribution in [3.8, 4) is 0 Å². The number of aliphatic carboxylic acids is 1. The maximum atomic E-state index is 11.6. The van der Waals surface area contributed by atoms with Crippen LogP contribution in [0.3, 0.4) is 0 Å². The lowest BCUT2D eigenvalue weighted by Crippen LogP contribution is -2.34. The smallest absolute Gasteiger partial charge is 0.310 e. The van der Waals surface area contributed by atoms with Gasteiger partial charge in [-0.05, 0) is 31.0 Å². The fourth-order valence-electron chi connectivity index (χ4n) is 2.97. The molecule has 1 saturated heterocycles. The monoisotopic (exact) mass is 315 g/mol. The van der Waals surface area contributed by atoms with Gasteiger partial charge >= 0.3 is 5.97 Å². The van der Waals surface area contributed by atoms with Crippen molar-refractivity contribution in [3.63, 3.8) is 0 Å². The number of hydrogen-bond acceptors (Lipinski definition) is 2. The van der Waals surface area contributed by atoms with E-state index in [1.807, 2.05) is 19.1 Å². The second-order valence-corrected chi connectivity index (χ2v) is 6.29. The first-order chi connectivity index (χ1) is 9.48. The van der Waals surface area contributed by atoms with Crippen LogP contribution in [0.1, 0.15) is 31.7 Å². The minimum absolute atomic E-state index is 0.543. The SMILES string of the molecule is CCCC1(C(=O)O)CCN(Cc2cccc(Cl)c2Cl)C1. The summed E-state index contributed by atoms with van der Waals surface area (Å²) in [4.78, 5) is 13.7. The van der Waals surface area contributed by atoms with Crippen LogP contribution in [-0.2, 0) is 11.3 Å². The van der Waals surface area contributed by atoms with Crippen LogP contribution in [0.5, 0.6) is 0 Å². The summed E-state index contributed by atoms with van der Waals surface area (Å²) in [5, 5.41) is 10.6. The van der Waals surface area contributed by atoms with Gasteiger partial charge in [-0.1, -0.05) is 48.7 Å². The van der Waals surface area contributed by atoms with Crippen molar-refractivity contribution >= 4 is 29.2 Å². The predicted molar refractivity (Wildman–Crippen MR) is 81.3 cm³/mol. The van der Waals surface area contributed by atoms with Crippen LogP contribution in [0.15, 0.2) is 18.2 Å². The van der Waals surface area contributed by atoms with E-state index in [1.54, 1.807) is 6.07 Å². The second kappa shape index (κ2) is 6.33. The van der Waals surface area contributed by atoms with Gasteiger partial charge in [-0.2, -0.15) is 0 Å². The highest BCUT2D eigenvalue weighted by atomic mass is 35.5. The Hall–Kier alpha value is -0.770. The Kier molecular flexibility index (Phi) is 4.95. The van der Waals surface area contributed by atoms with Crippen molar-refractivity contribution in [2.75, 3.05) is 13.1 Å². The van der Waals surface area contributed by atoms with Gasteiger partial charge in [0.15, 0.2) is 0 Å². The number of nitrogens with zero attached hydrogens (tertiary/aromatic N) is 1. The first-order valence-electron chi connectivity index (χ1n) is 6.87. The average Bonchev–Trinajstić information content (AvgIpc) is 2.80. The van der Waals surface area contributed by atoms with Crippen LogP contribution in [0.2, 0.25) is 10.0 Å². The van der Waals surface area contributed by atoms with Gasteiger partial charge in [-0.25, -0.2) is 0 Å². The molecule has 0 aromatic heterocycles. The molecule has 0 spiro atoms. The molecule has 1 heterocycles. The summed E-state index contributed by atoms with van der Waals surface area (Å²) in [7, 11) is 0. The van der Waals surface area contributed by atoms with Gasteiger partial charge in [-0.3, -0.25) is 9.69 Å². The molecular weight excluding hydrogens is 297 g/mol. The van der Waals surface area contributed by atoms with Gasteiger partial charge in [0.25, 0.3) is 0 Å². The largest absolute Gasteiger partial charge is 0.481 e. The summed E-state index contributed by atoms with van der Waals surface area (Å²) >= 11 is 12.2. The number of carboxylic acids is 1. The maximum Gasteiger partial charge on any atom is 0.310 e. The standard InChI is InChI=1S/C15H19Cl2NO2/c1-2-6-15(14(19)20)7-8-18(10-15)9-11-4-3-5-12(16)13(11)17/h3-5H,2,6-10H2,1H3,(H,19,20). The minimum Gasteiger partial charge on any atom is -0.481 e. The molecule has 1 aliphatic rings. The Morgan fingerprint density at radius 2 is 2.20 bits per heavy atom. The van der Waals surface area contributed by atoms with E-state index in [0.717, 1.165) is 24.9 Å². The number of hydrogen-bond donors (Lipinski definition) is 1. The van der Waals surface area contributed by atoms with Crippen LogP contribution in [0.25, 0.3) is 0 Å². The molecule has 110 valence electrons. The predicted octanol–water partition coefficient (Wildman–Crippen LogP) is 4.07. The summed E-state index contributed by atoms with van der Waals surface area (Å²) < 4.78 is 0. The lowest BCUT2D eigenvalue weighted by molar-refractivity contribution is -0.148. The topological polar surface area (TPSA) is 40.5 Å². The summed E-state index contributed by atoms with van der Waals surface area (Å²) in [5.41, 5.74) is 0.358.